The maximum Gasteiger partial charge on any atom is 0.309 e. The minimum Gasteiger partial charge on any atom is -0.481 e. The molecular weight excluding hydrogens is 216 g/mol. The van der Waals surface area contributed by atoms with E-state index in [0.29, 0.717) is 5.69 Å². The molecule has 1 heterocycles. The first-order valence-electron chi connectivity index (χ1n) is 5.41. The van der Waals surface area contributed by atoms with Gasteiger partial charge in [0.05, 0.1) is 17.8 Å². The molecule has 0 bridgehead atoms. The molecule has 0 aliphatic heterocycles. The molecule has 0 aliphatic rings. The molecule has 1 N–H and O–H groups in total. The zero-order valence-electron chi connectivity index (χ0n) is 9.84. The van der Waals surface area contributed by atoms with E-state index < -0.39 is 5.97 Å². The summed E-state index contributed by atoms with van der Waals surface area (Å²) in [5.74, 6) is -0.865. The quantitative estimate of drug-likeness (QED) is 0.878. The largest absolute Gasteiger partial charge is 0.481 e. The zero-order chi connectivity index (χ0) is 12.4. The highest BCUT2D eigenvalue weighted by molar-refractivity contribution is 5.69. The summed E-state index contributed by atoms with van der Waals surface area (Å²) in [5.41, 5.74) is 3.90. The highest BCUT2D eigenvalue weighted by Gasteiger charge is 2.07. The van der Waals surface area contributed by atoms with Crippen molar-refractivity contribution in [1.29, 1.82) is 0 Å². The number of carboxylic acids is 1. The lowest BCUT2D eigenvalue weighted by Gasteiger charge is -2.07. The fraction of sp³-hybridized carbons (Fsp3) is 0.231. The van der Waals surface area contributed by atoms with Gasteiger partial charge in [0.2, 0.25) is 0 Å². The summed E-state index contributed by atoms with van der Waals surface area (Å²) < 4.78 is 1.72. The number of aliphatic carboxylic acids is 1. The van der Waals surface area contributed by atoms with Crippen molar-refractivity contribution in [2.24, 2.45) is 0 Å². The third kappa shape index (κ3) is 2.36. The van der Waals surface area contributed by atoms with Crippen LogP contribution in [-0.4, -0.2) is 20.9 Å². The molecule has 2 aromatic rings. The summed E-state index contributed by atoms with van der Waals surface area (Å²) >= 11 is 0. The van der Waals surface area contributed by atoms with E-state index in [1.54, 1.807) is 16.9 Å². The van der Waals surface area contributed by atoms with Gasteiger partial charge in [-0.3, -0.25) is 4.79 Å². The lowest BCUT2D eigenvalue weighted by Crippen LogP contribution is -2.03. The Morgan fingerprint density at radius 1 is 1.35 bits per heavy atom. The second-order valence-electron chi connectivity index (χ2n) is 4.04. The molecule has 4 nitrogen and oxygen atoms in total. The Morgan fingerprint density at radius 3 is 2.82 bits per heavy atom. The molecule has 0 saturated heterocycles. The molecule has 17 heavy (non-hydrogen) atoms. The number of aromatic nitrogens is 2. The standard InChI is InChI=1S/C13H14N2O2/c1-9-4-3-5-12(10(9)2)15-7-6-11(14-15)8-13(16)17/h3-7H,8H2,1-2H3,(H,16,17). The Labute approximate surface area is 99.5 Å². The van der Waals surface area contributed by atoms with Gasteiger partial charge in [0.15, 0.2) is 0 Å². The molecule has 0 amide bonds. The van der Waals surface area contributed by atoms with Crippen LogP contribution in [0.15, 0.2) is 30.5 Å². The van der Waals surface area contributed by atoms with Crippen LogP contribution in [0, 0.1) is 13.8 Å². The summed E-state index contributed by atoms with van der Waals surface area (Å²) in [7, 11) is 0. The van der Waals surface area contributed by atoms with Gasteiger partial charge < -0.3 is 5.11 Å². The van der Waals surface area contributed by atoms with Crippen LogP contribution < -0.4 is 0 Å². The highest BCUT2D eigenvalue weighted by Crippen LogP contribution is 2.16. The third-order valence-corrected chi connectivity index (χ3v) is 2.80. The van der Waals surface area contributed by atoms with E-state index in [0.717, 1.165) is 11.3 Å². The predicted molar refractivity (Wildman–Crippen MR) is 64.4 cm³/mol. The summed E-state index contributed by atoms with van der Waals surface area (Å²) in [4.78, 5) is 10.6. The van der Waals surface area contributed by atoms with Crippen LogP contribution in [0.4, 0.5) is 0 Å². The van der Waals surface area contributed by atoms with Crippen LogP contribution in [0.3, 0.4) is 0 Å². The van der Waals surface area contributed by atoms with Crippen molar-refractivity contribution < 1.29 is 9.90 Å². The number of carbonyl (C=O) groups is 1. The maximum absolute atomic E-state index is 10.6. The van der Waals surface area contributed by atoms with E-state index >= 15 is 0 Å². The number of benzene rings is 1. The maximum atomic E-state index is 10.6. The Morgan fingerprint density at radius 2 is 2.12 bits per heavy atom. The van der Waals surface area contributed by atoms with Crippen molar-refractivity contribution >= 4 is 5.97 Å². The number of rotatable bonds is 3. The lowest BCUT2D eigenvalue weighted by atomic mass is 10.1. The Balaban J connectivity index is 2.37. The van der Waals surface area contributed by atoms with Crippen molar-refractivity contribution in [3.05, 3.63) is 47.3 Å². The molecule has 1 aromatic heterocycles. The number of hydrogen-bond acceptors (Lipinski definition) is 2. The molecule has 2 rings (SSSR count). The smallest absolute Gasteiger partial charge is 0.309 e. The van der Waals surface area contributed by atoms with Crippen molar-refractivity contribution in [3.8, 4) is 5.69 Å². The molecule has 0 radical (unpaired) electrons. The normalized spacial score (nSPS) is 10.5. The van der Waals surface area contributed by atoms with Crippen LogP contribution in [0.5, 0.6) is 0 Å². The van der Waals surface area contributed by atoms with E-state index in [4.69, 9.17) is 5.11 Å². The first kappa shape index (κ1) is 11.4. The van der Waals surface area contributed by atoms with E-state index in [9.17, 15) is 4.79 Å². The highest BCUT2D eigenvalue weighted by atomic mass is 16.4. The van der Waals surface area contributed by atoms with Crippen LogP contribution in [0.1, 0.15) is 16.8 Å². The fourth-order valence-corrected chi connectivity index (χ4v) is 1.73. The van der Waals surface area contributed by atoms with Gasteiger partial charge in [-0.05, 0) is 37.1 Å². The van der Waals surface area contributed by atoms with Crippen molar-refractivity contribution in [2.75, 3.05) is 0 Å². The summed E-state index contributed by atoms with van der Waals surface area (Å²) in [6.45, 7) is 4.07. The second kappa shape index (κ2) is 4.41. The van der Waals surface area contributed by atoms with Gasteiger partial charge in [0, 0.05) is 6.20 Å². The van der Waals surface area contributed by atoms with Crippen molar-refractivity contribution in [3.63, 3.8) is 0 Å². The molecule has 0 saturated carbocycles. The van der Waals surface area contributed by atoms with Gasteiger partial charge in [0.1, 0.15) is 0 Å². The van der Waals surface area contributed by atoms with Crippen LogP contribution in [0.2, 0.25) is 0 Å². The van der Waals surface area contributed by atoms with Crippen LogP contribution in [0.25, 0.3) is 5.69 Å². The summed E-state index contributed by atoms with van der Waals surface area (Å²) in [6.07, 6.45) is 1.75. The molecule has 0 spiro atoms. The van der Waals surface area contributed by atoms with Gasteiger partial charge >= 0.3 is 5.97 Å². The molecule has 0 atom stereocenters. The van der Waals surface area contributed by atoms with Crippen molar-refractivity contribution in [2.45, 2.75) is 20.3 Å². The molecule has 1 aromatic carbocycles. The minimum absolute atomic E-state index is 0.0438. The van der Waals surface area contributed by atoms with E-state index in [1.165, 1.54) is 5.56 Å². The van der Waals surface area contributed by atoms with Crippen LogP contribution >= 0.6 is 0 Å². The van der Waals surface area contributed by atoms with Gasteiger partial charge in [-0.2, -0.15) is 5.10 Å². The number of aryl methyl sites for hydroxylation is 1. The Hall–Kier alpha value is -2.10. The first-order chi connectivity index (χ1) is 8.08. The molecule has 0 unspecified atom stereocenters. The molecule has 4 heteroatoms. The van der Waals surface area contributed by atoms with Crippen LogP contribution in [-0.2, 0) is 11.2 Å². The van der Waals surface area contributed by atoms with E-state index in [1.807, 2.05) is 32.0 Å². The molecular formula is C13H14N2O2. The van der Waals surface area contributed by atoms with Gasteiger partial charge in [0.25, 0.3) is 0 Å². The van der Waals surface area contributed by atoms with Gasteiger partial charge in [-0.15, -0.1) is 0 Å². The molecule has 0 fully saturated rings. The molecule has 0 aliphatic carbocycles. The van der Waals surface area contributed by atoms with E-state index in [2.05, 4.69) is 5.10 Å². The lowest BCUT2D eigenvalue weighted by molar-refractivity contribution is -0.136. The van der Waals surface area contributed by atoms with Gasteiger partial charge in [-0.1, -0.05) is 12.1 Å². The predicted octanol–water partition coefficient (Wildman–Crippen LogP) is 2.12. The summed E-state index contributed by atoms with van der Waals surface area (Å²) in [6, 6.07) is 7.71. The SMILES string of the molecule is Cc1cccc(-n2ccc(CC(=O)O)n2)c1C. The average Bonchev–Trinajstić information content (AvgIpc) is 2.69. The zero-order valence-corrected chi connectivity index (χ0v) is 9.84. The average molecular weight is 230 g/mol. The Kier molecular flexibility index (Phi) is 2.95. The van der Waals surface area contributed by atoms with E-state index in [-0.39, 0.29) is 6.42 Å². The number of carboxylic acid groups (broad SMARTS) is 1. The third-order valence-electron chi connectivity index (χ3n) is 2.80. The second-order valence-corrected chi connectivity index (χ2v) is 4.04. The first-order valence-corrected chi connectivity index (χ1v) is 5.41. The summed E-state index contributed by atoms with van der Waals surface area (Å²) in [5, 5.41) is 13.0. The minimum atomic E-state index is -0.865. The van der Waals surface area contributed by atoms with Crippen molar-refractivity contribution in [1.82, 2.24) is 9.78 Å². The Bertz CT molecular complexity index is 558. The van der Waals surface area contributed by atoms with Gasteiger partial charge in [-0.25, -0.2) is 4.68 Å². The fourth-order valence-electron chi connectivity index (χ4n) is 1.73. The number of nitrogens with zero attached hydrogens (tertiary/aromatic N) is 2. The number of hydrogen-bond donors (Lipinski definition) is 1. The monoisotopic (exact) mass is 230 g/mol. The molecule has 88 valence electrons. The topological polar surface area (TPSA) is 55.1 Å².